The fraction of sp³-hybridized carbons (Fsp3) is 0.500. The van der Waals surface area contributed by atoms with Crippen LogP contribution in [0.15, 0.2) is 48.8 Å². The van der Waals surface area contributed by atoms with Crippen LogP contribution in [-0.2, 0) is 49.4 Å². The monoisotopic (exact) mass is 674 g/mol. The van der Waals surface area contributed by atoms with Crippen LogP contribution in [0.5, 0.6) is 0 Å². The number of hydrogen-bond donors (Lipinski definition) is 4. The van der Waals surface area contributed by atoms with Crippen molar-refractivity contribution in [3.63, 3.8) is 0 Å². The molecule has 2 aromatic heterocycles. The maximum atomic E-state index is 14.0. The Morgan fingerprint density at radius 1 is 1.21 bits per heavy atom. The number of fused-ring (bicyclic) bond motifs is 1. The van der Waals surface area contributed by atoms with E-state index >= 15 is 0 Å². The first kappa shape index (κ1) is 35.9. The average Bonchev–Trinajstić information content (AvgIpc) is 3.56. The van der Waals surface area contributed by atoms with Gasteiger partial charge in [0, 0.05) is 6.42 Å². The number of esters is 2. The SMILES string of the molecule is CC(C)OC(=O)C(C)(C)N[P@](=O)(OCOC(=O)CCCc1ccccc1)OC[C@H]1O[C@@](C#N)(c2ccc3c(N)ncnn23)[C@H](O)[C@@H]1O. The number of nitrogens with zero attached hydrogens (tertiary/aromatic N) is 4. The third kappa shape index (κ3) is 8.32. The van der Waals surface area contributed by atoms with Crippen molar-refractivity contribution in [2.75, 3.05) is 19.1 Å². The smallest absolute Gasteiger partial charge is 0.409 e. The number of aliphatic hydroxyl groups is 2. The number of rotatable bonds is 15. The summed E-state index contributed by atoms with van der Waals surface area (Å²) in [6.07, 6.45) is -3.09. The summed E-state index contributed by atoms with van der Waals surface area (Å²) in [5.74, 6) is -1.30. The van der Waals surface area contributed by atoms with Gasteiger partial charge in [0.1, 0.15) is 41.8 Å². The van der Waals surface area contributed by atoms with Crippen LogP contribution in [-0.4, -0.2) is 80.1 Å². The van der Waals surface area contributed by atoms with Gasteiger partial charge in [-0.05, 0) is 58.2 Å². The van der Waals surface area contributed by atoms with Crippen LogP contribution in [0, 0.1) is 11.3 Å². The number of nitrogens with two attached hydrogens (primary N) is 1. The third-order valence-electron chi connectivity index (χ3n) is 7.30. The second-order valence-electron chi connectivity index (χ2n) is 11.7. The Balaban J connectivity index is 1.46. The van der Waals surface area contributed by atoms with Gasteiger partial charge in [0.05, 0.1) is 18.4 Å². The Bertz CT molecular complexity index is 1640. The fourth-order valence-electron chi connectivity index (χ4n) is 4.89. The van der Waals surface area contributed by atoms with Crippen molar-refractivity contribution in [1.82, 2.24) is 19.7 Å². The molecule has 3 heterocycles. The summed E-state index contributed by atoms with van der Waals surface area (Å²) in [6.45, 7) is 4.52. The Hall–Kier alpha value is -3.94. The molecule has 0 aliphatic carbocycles. The number of benzene rings is 1. The number of anilines is 1. The highest BCUT2D eigenvalue weighted by Gasteiger charge is 2.58. The maximum absolute atomic E-state index is 14.0. The zero-order valence-corrected chi connectivity index (χ0v) is 27.3. The van der Waals surface area contributed by atoms with Gasteiger partial charge in [0.15, 0.2) is 5.82 Å². The molecule has 47 heavy (non-hydrogen) atoms. The molecule has 1 aromatic carbocycles. The number of carbonyl (C=O) groups excluding carboxylic acids is 2. The number of aryl methyl sites for hydroxylation is 1. The number of aliphatic hydroxyl groups excluding tert-OH is 2. The Morgan fingerprint density at radius 3 is 2.62 bits per heavy atom. The maximum Gasteiger partial charge on any atom is 0.409 e. The Labute approximate surface area is 271 Å². The van der Waals surface area contributed by atoms with Crippen molar-refractivity contribution >= 4 is 31.0 Å². The summed E-state index contributed by atoms with van der Waals surface area (Å²) in [5, 5.41) is 38.7. The van der Waals surface area contributed by atoms with Gasteiger partial charge >= 0.3 is 19.7 Å². The van der Waals surface area contributed by atoms with E-state index in [1.54, 1.807) is 13.8 Å². The number of aromatic nitrogens is 3. The van der Waals surface area contributed by atoms with E-state index < -0.39 is 68.6 Å². The molecule has 1 fully saturated rings. The van der Waals surface area contributed by atoms with Gasteiger partial charge in [-0.2, -0.15) is 10.4 Å². The lowest BCUT2D eigenvalue weighted by Crippen LogP contribution is -2.47. The van der Waals surface area contributed by atoms with E-state index in [0.29, 0.717) is 18.4 Å². The van der Waals surface area contributed by atoms with E-state index in [1.807, 2.05) is 36.4 Å². The molecule has 5 N–H and O–H groups in total. The summed E-state index contributed by atoms with van der Waals surface area (Å²) in [5.41, 5.74) is 3.56. The minimum Gasteiger partial charge on any atom is -0.462 e. The molecule has 254 valence electrons. The first-order valence-electron chi connectivity index (χ1n) is 14.8. The number of nitrogens with one attached hydrogen (secondary N) is 1. The molecular weight excluding hydrogens is 635 g/mol. The van der Waals surface area contributed by atoms with Crippen LogP contribution in [0.2, 0.25) is 0 Å². The fourth-order valence-corrected chi connectivity index (χ4v) is 6.40. The van der Waals surface area contributed by atoms with Crippen LogP contribution in [0.3, 0.4) is 0 Å². The first-order chi connectivity index (χ1) is 22.2. The number of nitriles is 1. The number of carbonyl (C=O) groups is 2. The molecular formula is C30H39N6O10P. The molecule has 3 aromatic rings. The highest BCUT2D eigenvalue weighted by molar-refractivity contribution is 7.51. The van der Waals surface area contributed by atoms with Crippen molar-refractivity contribution in [2.45, 2.75) is 82.5 Å². The van der Waals surface area contributed by atoms with Crippen molar-refractivity contribution in [3.05, 3.63) is 60.0 Å². The molecule has 1 aliphatic rings. The van der Waals surface area contributed by atoms with Gasteiger partial charge in [-0.15, -0.1) is 0 Å². The molecule has 0 radical (unpaired) electrons. The second-order valence-corrected chi connectivity index (χ2v) is 13.4. The average molecular weight is 675 g/mol. The zero-order valence-electron chi connectivity index (χ0n) is 26.4. The molecule has 5 atom stereocenters. The second kappa shape index (κ2) is 14.9. The van der Waals surface area contributed by atoms with Crippen LogP contribution in [0.4, 0.5) is 5.82 Å². The summed E-state index contributed by atoms with van der Waals surface area (Å²) in [6, 6.07) is 14.4. The molecule has 0 saturated carbocycles. The highest BCUT2D eigenvalue weighted by Crippen LogP contribution is 2.48. The van der Waals surface area contributed by atoms with Gasteiger partial charge in [-0.1, -0.05) is 30.3 Å². The predicted molar refractivity (Wildman–Crippen MR) is 165 cm³/mol. The van der Waals surface area contributed by atoms with Gasteiger partial charge in [0.25, 0.3) is 0 Å². The predicted octanol–water partition coefficient (Wildman–Crippen LogP) is 2.14. The normalized spacial score (nSPS) is 22.6. The quantitative estimate of drug-likeness (QED) is 0.103. The molecule has 0 spiro atoms. The van der Waals surface area contributed by atoms with E-state index in [9.17, 15) is 29.6 Å². The van der Waals surface area contributed by atoms with Gasteiger partial charge in [-0.3, -0.25) is 18.6 Å². The number of hydrogen-bond acceptors (Lipinski definition) is 14. The van der Waals surface area contributed by atoms with Crippen LogP contribution in [0.25, 0.3) is 5.52 Å². The van der Waals surface area contributed by atoms with Crippen molar-refractivity contribution in [1.29, 1.82) is 5.26 Å². The largest absolute Gasteiger partial charge is 0.462 e. The van der Waals surface area contributed by atoms with Gasteiger partial charge < -0.3 is 30.2 Å². The third-order valence-corrected chi connectivity index (χ3v) is 9.06. The van der Waals surface area contributed by atoms with Crippen molar-refractivity contribution < 1.29 is 47.6 Å². The summed E-state index contributed by atoms with van der Waals surface area (Å²) in [7, 11) is -4.55. The van der Waals surface area contributed by atoms with Crippen LogP contribution in [0.1, 0.15) is 51.8 Å². The van der Waals surface area contributed by atoms with Crippen LogP contribution >= 0.6 is 7.75 Å². The van der Waals surface area contributed by atoms with E-state index in [0.717, 1.165) is 11.9 Å². The van der Waals surface area contributed by atoms with Gasteiger partial charge in [-0.25, -0.2) is 19.2 Å². The molecule has 0 bridgehead atoms. The molecule has 16 nitrogen and oxygen atoms in total. The first-order valence-corrected chi connectivity index (χ1v) is 16.4. The topological polar surface area (TPSA) is 230 Å². The van der Waals surface area contributed by atoms with Crippen molar-refractivity contribution in [3.8, 4) is 6.07 Å². The van der Waals surface area contributed by atoms with E-state index in [-0.39, 0.29) is 17.9 Å². The number of nitrogen functional groups attached to an aromatic ring is 1. The van der Waals surface area contributed by atoms with E-state index in [1.165, 1.54) is 30.5 Å². The lowest BCUT2D eigenvalue weighted by Gasteiger charge is -2.30. The highest BCUT2D eigenvalue weighted by atomic mass is 31.2. The molecule has 0 unspecified atom stereocenters. The molecule has 17 heteroatoms. The van der Waals surface area contributed by atoms with Crippen molar-refractivity contribution in [2.24, 2.45) is 0 Å². The Kier molecular flexibility index (Phi) is 11.4. The minimum absolute atomic E-state index is 0.0486. The zero-order chi connectivity index (χ0) is 34.4. The molecule has 1 aliphatic heterocycles. The minimum atomic E-state index is -4.55. The van der Waals surface area contributed by atoms with E-state index in [2.05, 4.69) is 15.2 Å². The standard InChI is InChI=1S/C30H39N6O10P/c1-19(2)45-28(40)29(3,4)35-47(41,44-18-42-24(37)12-8-11-20-9-6-5-7-10-20)43-15-22-25(38)26(39)30(16-31,46-22)23-14-13-21-27(32)33-17-34-36(21)23/h5-7,9-10,13-14,17,19,22,25-26,38-39H,8,11-12,15,18H2,1-4H3,(H,35,41)(H2,32,33,34)/t22-,25-,26-,30+,47-/m1/s1. The lowest BCUT2D eigenvalue weighted by atomic mass is 9.92. The Morgan fingerprint density at radius 2 is 1.94 bits per heavy atom. The number of ether oxygens (including phenoxy) is 3. The van der Waals surface area contributed by atoms with E-state index in [4.69, 9.17) is 29.0 Å². The molecule has 0 amide bonds. The van der Waals surface area contributed by atoms with Gasteiger partial charge in [0.2, 0.25) is 12.4 Å². The summed E-state index contributed by atoms with van der Waals surface area (Å²) >= 11 is 0. The molecule has 1 saturated heterocycles. The summed E-state index contributed by atoms with van der Waals surface area (Å²) < 4.78 is 42.4. The lowest BCUT2D eigenvalue weighted by molar-refractivity contribution is -0.155. The summed E-state index contributed by atoms with van der Waals surface area (Å²) in [4.78, 5) is 29.0. The van der Waals surface area contributed by atoms with Crippen LogP contribution < -0.4 is 10.8 Å². The molecule has 4 rings (SSSR count).